The molecule has 3 aliphatic heterocycles. The van der Waals surface area contributed by atoms with Gasteiger partial charge in [0.1, 0.15) is 17.2 Å². The molecule has 0 saturated carbocycles. The van der Waals surface area contributed by atoms with Gasteiger partial charge in [-0.1, -0.05) is 88.7 Å². The van der Waals surface area contributed by atoms with Crippen LogP contribution in [0.3, 0.4) is 0 Å². The third-order valence-corrected chi connectivity index (χ3v) is 9.10. The summed E-state index contributed by atoms with van der Waals surface area (Å²) in [6.45, 7) is 0. The number of benzene rings is 4. The van der Waals surface area contributed by atoms with E-state index in [1.165, 1.54) is 0 Å². The lowest BCUT2D eigenvalue weighted by atomic mass is 9.64. The summed E-state index contributed by atoms with van der Waals surface area (Å²) in [6.07, 6.45) is 3.97. The van der Waals surface area contributed by atoms with E-state index in [1.54, 1.807) is 43.5 Å². The van der Waals surface area contributed by atoms with Gasteiger partial charge in [-0.2, -0.15) is 0 Å². The van der Waals surface area contributed by atoms with E-state index in [0.717, 1.165) is 21.3 Å². The van der Waals surface area contributed by atoms with Crippen molar-refractivity contribution in [1.29, 1.82) is 0 Å². The fourth-order valence-electron chi connectivity index (χ4n) is 6.86. The van der Waals surface area contributed by atoms with E-state index in [-0.39, 0.29) is 17.5 Å². The number of ketones is 2. The van der Waals surface area contributed by atoms with Gasteiger partial charge in [-0.3, -0.25) is 14.4 Å². The number of Topliss-reactive ketones (excluding diaryl/α,β-unsaturated/α-hetero) is 2. The molecule has 0 aliphatic carbocycles. The Morgan fingerprint density at radius 2 is 1.63 bits per heavy atom. The maximum absolute atomic E-state index is 14.8. The molecule has 4 aromatic carbocycles. The fraction of sp³-hybridized carbons (Fsp3) is 0.147. The van der Waals surface area contributed by atoms with E-state index < -0.39 is 23.4 Å². The molecule has 1 spiro atoms. The molecule has 0 radical (unpaired) electrons. The zero-order valence-corrected chi connectivity index (χ0v) is 23.7. The smallest absolute Gasteiger partial charge is 0.238 e. The summed E-state index contributed by atoms with van der Waals surface area (Å²) in [5.41, 5.74) is 2.62. The summed E-state index contributed by atoms with van der Waals surface area (Å²) in [5, 5.41) is 3.06. The number of nitrogens with one attached hydrogen (secondary N) is 1. The average Bonchev–Trinajstić information content (AvgIpc) is 3.49. The number of rotatable bonds is 5. The van der Waals surface area contributed by atoms with E-state index >= 15 is 0 Å². The van der Waals surface area contributed by atoms with Crippen LogP contribution < -0.4 is 15.0 Å². The Morgan fingerprint density at radius 1 is 0.878 bits per heavy atom. The molecule has 1 N–H and O–H groups in total. The molecule has 202 valence electrons. The van der Waals surface area contributed by atoms with Gasteiger partial charge in [0.25, 0.3) is 0 Å². The lowest BCUT2D eigenvalue weighted by molar-refractivity contribution is -0.121. The van der Waals surface area contributed by atoms with Crippen molar-refractivity contribution < 1.29 is 19.1 Å². The SMILES string of the molecule is COc1cccc(C(=O)C2C(C(=O)c3ccc(Br)cc3)N3c4ccccc4C=CC3C23C(=O)Nc2ccccc23)c1. The molecule has 0 bridgehead atoms. The highest BCUT2D eigenvalue weighted by Crippen LogP contribution is 2.58. The second-order valence-corrected chi connectivity index (χ2v) is 11.4. The highest BCUT2D eigenvalue weighted by Gasteiger charge is 2.70. The van der Waals surface area contributed by atoms with Crippen molar-refractivity contribution in [2.24, 2.45) is 5.92 Å². The molecule has 1 fully saturated rings. The highest BCUT2D eigenvalue weighted by molar-refractivity contribution is 9.10. The molecule has 1 amide bonds. The monoisotopic (exact) mass is 604 g/mol. The van der Waals surface area contributed by atoms with Gasteiger partial charge in [0, 0.05) is 27.0 Å². The van der Waals surface area contributed by atoms with Crippen molar-refractivity contribution in [2.75, 3.05) is 17.3 Å². The minimum atomic E-state index is -1.35. The van der Waals surface area contributed by atoms with Gasteiger partial charge < -0.3 is 15.0 Å². The van der Waals surface area contributed by atoms with E-state index in [1.807, 2.05) is 77.7 Å². The topological polar surface area (TPSA) is 75.7 Å². The molecular weight excluding hydrogens is 580 g/mol. The summed E-state index contributed by atoms with van der Waals surface area (Å²) in [5.74, 6) is -1.30. The van der Waals surface area contributed by atoms with Crippen LogP contribution in [0.1, 0.15) is 31.8 Å². The normalized spacial score (nSPS) is 23.5. The average molecular weight is 605 g/mol. The zero-order valence-electron chi connectivity index (χ0n) is 22.1. The van der Waals surface area contributed by atoms with Gasteiger partial charge in [-0.15, -0.1) is 0 Å². The minimum Gasteiger partial charge on any atom is -0.497 e. The van der Waals surface area contributed by atoms with Crippen molar-refractivity contribution in [3.05, 3.63) is 130 Å². The third-order valence-electron chi connectivity index (χ3n) is 8.58. The lowest BCUT2D eigenvalue weighted by Gasteiger charge is -2.37. The third kappa shape index (κ3) is 3.65. The Morgan fingerprint density at radius 3 is 2.44 bits per heavy atom. The molecule has 3 aliphatic rings. The van der Waals surface area contributed by atoms with Crippen LogP contribution in [-0.4, -0.2) is 36.7 Å². The van der Waals surface area contributed by atoms with Crippen LogP contribution in [0.2, 0.25) is 0 Å². The molecule has 4 atom stereocenters. The second kappa shape index (κ2) is 9.56. The molecule has 41 heavy (non-hydrogen) atoms. The van der Waals surface area contributed by atoms with Crippen molar-refractivity contribution in [2.45, 2.75) is 17.5 Å². The molecule has 6 nitrogen and oxygen atoms in total. The number of nitrogens with zero attached hydrogens (tertiary/aromatic N) is 1. The van der Waals surface area contributed by atoms with Gasteiger partial charge in [-0.25, -0.2) is 0 Å². The molecule has 7 heteroatoms. The van der Waals surface area contributed by atoms with Gasteiger partial charge in [0.2, 0.25) is 5.91 Å². The molecule has 4 aromatic rings. The number of amides is 1. The Hall–Kier alpha value is -4.49. The molecule has 7 rings (SSSR count). The maximum Gasteiger partial charge on any atom is 0.238 e. The Kier molecular flexibility index (Phi) is 5.94. The first-order chi connectivity index (χ1) is 19.9. The van der Waals surface area contributed by atoms with E-state index in [4.69, 9.17) is 4.74 Å². The number of methoxy groups -OCH3 is 1. The minimum absolute atomic E-state index is 0.220. The number of carbonyl (C=O) groups excluding carboxylic acids is 3. The first-order valence-corrected chi connectivity index (χ1v) is 14.2. The summed E-state index contributed by atoms with van der Waals surface area (Å²) < 4.78 is 6.28. The van der Waals surface area contributed by atoms with Crippen molar-refractivity contribution in [3.8, 4) is 5.75 Å². The van der Waals surface area contributed by atoms with Gasteiger partial charge >= 0.3 is 0 Å². The van der Waals surface area contributed by atoms with Crippen LogP contribution in [0, 0.1) is 5.92 Å². The fourth-order valence-corrected chi connectivity index (χ4v) is 7.12. The number of carbonyl (C=O) groups is 3. The Bertz CT molecular complexity index is 1760. The molecule has 1 saturated heterocycles. The van der Waals surface area contributed by atoms with Crippen molar-refractivity contribution in [3.63, 3.8) is 0 Å². The van der Waals surface area contributed by atoms with E-state index in [9.17, 15) is 14.4 Å². The zero-order chi connectivity index (χ0) is 28.3. The second-order valence-electron chi connectivity index (χ2n) is 10.5. The quantitative estimate of drug-likeness (QED) is 0.270. The Balaban J connectivity index is 1.53. The standard InChI is InChI=1S/C34H25BrN2O4/c1-41-24-9-6-8-22(19-24)31(38)29-30(32(39)21-13-16-23(35)17-14-21)37-27-12-5-2-7-20(27)15-18-28(37)34(29)25-10-3-4-11-26(25)36-33(34)40/h2-19,28-30H,1H3,(H,36,40). The molecule has 4 unspecified atom stereocenters. The lowest BCUT2D eigenvalue weighted by Crippen LogP contribution is -2.51. The first-order valence-electron chi connectivity index (χ1n) is 13.4. The van der Waals surface area contributed by atoms with Crippen LogP contribution in [-0.2, 0) is 10.2 Å². The summed E-state index contributed by atoms with van der Waals surface area (Å²) >= 11 is 3.46. The highest BCUT2D eigenvalue weighted by atomic mass is 79.9. The molecule has 0 aromatic heterocycles. The van der Waals surface area contributed by atoms with Crippen LogP contribution in [0.4, 0.5) is 11.4 Å². The van der Waals surface area contributed by atoms with E-state index in [2.05, 4.69) is 21.2 Å². The Labute approximate surface area is 245 Å². The predicted octanol–water partition coefficient (Wildman–Crippen LogP) is 6.31. The van der Waals surface area contributed by atoms with Gasteiger partial charge in [-0.05, 0) is 47.5 Å². The molecule has 3 heterocycles. The van der Waals surface area contributed by atoms with E-state index in [0.29, 0.717) is 22.6 Å². The van der Waals surface area contributed by atoms with Crippen LogP contribution in [0.25, 0.3) is 6.08 Å². The van der Waals surface area contributed by atoms with Crippen LogP contribution >= 0.6 is 15.9 Å². The van der Waals surface area contributed by atoms with Gasteiger partial charge in [0.15, 0.2) is 11.6 Å². The van der Waals surface area contributed by atoms with Gasteiger partial charge in [0.05, 0.1) is 19.1 Å². The first kappa shape index (κ1) is 25.5. The maximum atomic E-state index is 14.8. The predicted molar refractivity (Wildman–Crippen MR) is 162 cm³/mol. The summed E-state index contributed by atoms with van der Waals surface area (Å²) in [7, 11) is 1.54. The number of hydrogen-bond donors (Lipinski definition) is 1. The number of anilines is 2. The van der Waals surface area contributed by atoms with Crippen LogP contribution in [0.15, 0.2) is 108 Å². The summed E-state index contributed by atoms with van der Waals surface area (Å²) in [6, 6.07) is 27.8. The number of halogens is 1. The van der Waals surface area contributed by atoms with Crippen molar-refractivity contribution in [1.82, 2.24) is 0 Å². The van der Waals surface area contributed by atoms with Crippen LogP contribution in [0.5, 0.6) is 5.75 Å². The van der Waals surface area contributed by atoms with Crippen molar-refractivity contribution >= 4 is 50.9 Å². The summed E-state index contributed by atoms with van der Waals surface area (Å²) in [4.78, 5) is 45.9. The number of ether oxygens (including phenoxy) is 1. The number of hydrogen-bond acceptors (Lipinski definition) is 5. The molecular formula is C34H25BrN2O4. The largest absolute Gasteiger partial charge is 0.497 e. The number of para-hydroxylation sites is 2. The number of fused-ring (bicyclic) bond motifs is 6.